The van der Waals surface area contributed by atoms with Crippen LogP contribution in [0.25, 0.3) is 11.3 Å². The first kappa shape index (κ1) is 13.1. The number of nitrogen functional groups attached to an aromatic ring is 1. The van der Waals surface area contributed by atoms with Crippen LogP contribution in [0.15, 0.2) is 27.2 Å². The maximum atomic E-state index is 13.2. The van der Waals surface area contributed by atoms with Crippen molar-refractivity contribution >= 4 is 21.7 Å². The van der Waals surface area contributed by atoms with Crippen LogP contribution in [0.1, 0.15) is 19.4 Å². The van der Waals surface area contributed by atoms with Gasteiger partial charge in [-0.05, 0) is 46.5 Å². The molecule has 1 heterocycles. The zero-order valence-electron chi connectivity index (χ0n) is 10.2. The third-order valence-electron chi connectivity index (χ3n) is 2.61. The average molecular weight is 313 g/mol. The van der Waals surface area contributed by atoms with Gasteiger partial charge in [0.2, 0.25) is 0 Å². The molecular weight excluding hydrogens is 299 g/mol. The number of anilines is 1. The molecule has 0 radical (unpaired) electrons. The van der Waals surface area contributed by atoms with Gasteiger partial charge in [0.25, 0.3) is 0 Å². The Bertz CT molecular complexity index is 566. The highest BCUT2D eigenvalue weighted by Gasteiger charge is 2.17. The highest BCUT2D eigenvalue weighted by atomic mass is 79.9. The Kier molecular flexibility index (Phi) is 3.71. The molecule has 0 unspecified atom stereocenters. The highest BCUT2D eigenvalue weighted by molar-refractivity contribution is 9.10. The summed E-state index contributed by atoms with van der Waals surface area (Å²) in [5.41, 5.74) is 7.45. The van der Waals surface area contributed by atoms with E-state index in [1.54, 1.807) is 12.1 Å². The van der Waals surface area contributed by atoms with Crippen molar-refractivity contribution < 1.29 is 8.91 Å². The molecule has 3 nitrogen and oxygen atoms in total. The van der Waals surface area contributed by atoms with Crippen molar-refractivity contribution in [1.82, 2.24) is 5.16 Å². The van der Waals surface area contributed by atoms with Crippen molar-refractivity contribution in [2.24, 2.45) is 5.92 Å². The SMILES string of the molecule is CC(C)Cc1c(N)noc1-c1ccc(F)c(Br)c1. The predicted octanol–water partition coefficient (Wildman–Crippen LogP) is 4.02. The Labute approximate surface area is 113 Å². The van der Waals surface area contributed by atoms with Gasteiger partial charge in [0.15, 0.2) is 11.6 Å². The van der Waals surface area contributed by atoms with E-state index in [2.05, 4.69) is 34.9 Å². The number of hydrogen-bond donors (Lipinski definition) is 1. The summed E-state index contributed by atoms with van der Waals surface area (Å²) in [7, 11) is 0. The number of nitrogens with zero attached hydrogens (tertiary/aromatic N) is 1. The number of nitrogens with two attached hydrogens (primary N) is 1. The van der Waals surface area contributed by atoms with Crippen LogP contribution < -0.4 is 5.73 Å². The molecule has 0 atom stereocenters. The van der Waals surface area contributed by atoms with Gasteiger partial charge in [0.05, 0.1) is 4.47 Å². The minimum absolute atomic E-state index is 0.309. The number of benzene rings is 1. The fourth-order valence-corrected chi connectivity index (χ4v) is 2.17. The van der Waals surface area contributed by atoms with Gasteiger partial charge in [0, 0.05) is 11.1 Å². The molecule has 0 saturated heterocycles. The van der Waals surface area contributed by atoms with Gasteiger partial charge in [-0.3, -0.25) is 0 Å². The lowest BCUT2D eigenvalue weighted by Crippen LogP contribution is -1.99. The quantitative estimate of drug-likeness (QED) is 0.931. The van der Waals surface area contributed by atoms with E-state index in [1.807, 2.05) is 0 Å². The summed E-state index contributed by atoms with van der Waals surface area (Å²) in [4.78, 5) is 0. The lowest BCUT2D eigenvalue weighted by atomic mass is 10.00. The first-order valence-electron chi connectivity index (χ1n) is 5.68. The van der Waals surface area contributed by atoms with E-state index < -0.39 is 0 Å². The van der Waals surface area contributed by atoms with Crippen LogP contribution in [-0.4, -0.2) is 5.16 Å². The van der Waals surface area contributed by atoms with Gasteiger partial charge in [-0.1, -0.05) is 19.0 Å². The summed E-state index contributed by atoms with van der Waals surface area (Å²) < 4.78 is 18.9. The normalized spacial score (nSPS) is 11.2. The molecule has 0 saturated carbocycles. The first-order valence-corrected chi connectivity index (χ1v) is 6.47. The number of hydrogen-bond acceptors (Lipinski definition) is 3. The van der Waals surface area contributed by atoms with Crippen LogP contribution in [0.5, 0.6) is 0 Å². The molecule has 0 fully saturated rings. The van der Waals surface area contributed by atoms with Crippen molar-refractivity contribution in [3.63, 3.8) is 0 Å². The third kappa shape index (κ3) is 2.56. The first-order chi connectivity index (χ1) is 8.49. The molecule has 0 bridgehead atoms. The topological polar surface area (TPSA) is 52.0 Å². The lowest BCUT2D eigenvalue weighted by molar-refractivity contribution is 0.434. The maximum absolute atomic E-state index is 13.2. The van der Waals surface area contributed by atoms with Crippen molar-refractivity contribution in [3.8, 4) is 11.3 Å². The Morgan fingerprint density at radius 2 is 2.17 bits per heavy atom. The van der Waals surface area contributed by atoms with E-state index in [-0.39, 0.29) is 5.82 Å². The molecule has 1 aromatic heterocycles. The second-order valence-corrected chi connectivity index (χ2v) is 5.46. The van der Waals surface area contributed by atoms with Crippen LogP contribution in [0, 0.1) is 11.7 Å². The molecule has 0 aliphatic carbocycles. The van der Waals surface area contributed by atoms with Gasteiger partial charge in [-0.15, -0.1) is 0 Å². The van der Waals surface area contributed by atoms with E-state index in [4.69, 9.17) is 10.3 Å². The summed E-state index contributed by atoms with van der Waals surface area (Å²) in [6.45, 7) is 4.19. The Morgan fingerprint density at radius 1 is 1.44 bits per heavy atom. The molecule has 18 heavy (non-hydrogen) atoms. The molecule has 2 rings (SSSR count). The van der Waals surface area contributed by atoms with E-state index in [1.165, 1.54) is 6.07 Å². The second kappa shape index (κ2) is 5.10. The van der Waals surface area contributed by atoms with Crippen molar-refractivity contribution in [2.75, 3.05) is 5.73 Å². The van der Waals surface area contributed by atoms with E-state index in [9.17, 15) is 4.39 Å². The zero-order valence-corrected chi connectivity index (χ0v) is 11.8. The fourth-order valence-electron chi connectivity index (χ4n) is 1.79. The summed E-state index contributed by atoms with van der Waals surface area (Å²) in [6.07, 6.45) is 0.777. The van der Waals surface area contributed by atoms with Crippen LogP contribution in [0.2, 0.25) is 0 Å². The second-order valence-electron chi connectivity index (χ2n) is 4.60. The largest absolute Gasteiger partial charge is 0.381 e. The molecule has 0 amide bonds. The van der Waals surface area contributed by atoms with Crippen LogP contribution in [0.4, 0.5) is 10.2 Å². The fraction of sp³-hybridized carbons (Fsp3) is 0.308. The van der Waals surface area contributed by atoms with Gasteiger partial charge in [-0.2, -0.15) is 0 Å². The Balaban J connectivity index is 2.47. The molecular formula is C13H14BrFN2O. The summed E-state index contributed by atoms with van der Waals surface area (Å²) in [6, 6.07) is 4.71. The van der Waals surface area contributed by atoms with Crippen molar-refractivity contribution in [1.29, 1.82) is 0 Å². The van der Waals surface area contributed by atoms with Crippen LogP contribution in [0.3, 0.4) is 0 Å². The number of aromatic nitrogens is 1. The van der Waals surface area contributed by atoms with E-state index in [0.717, 1.165) is 17.5 Å². The molecule has 0 spiro atoms. The van der Waals surface area contributed by atoms with Crippen LogP contribution >= 0.6 is 15.9 Å². The minimum Gasteiger partial charge on any atom is -0.381 e. The molecule has 2 N–H and O–H groups in total. The molecule has 5 heteroatoms. The molecule has 1 aromatic carbocycles. The molecule has 96 valence electrons. The third-order valence-corrected chi connectivity index (χ3v) is 3.22. The Hall–Kier alpha value is -1.36. The van der Waals surface area contributed by atoms with Gasteiger partial charge < -0.3 is 10.3 Å². The highest BCUT2D eigenvalue weighted by Crippen LogP contribution is 2.32. The smallest absolute Gasteiger partial charge is 0.172 e. The van der Waals surface area contributed by atoms with Crippen molar-refractivity contribution in [3.05, 3.63) is 34.1 Å². The van der Waals surface area contributed by atoms with E-state index in [0.29, 0.717) is 22.0 Å². The average Bonchev–Trinajstić information content (AvgIpc) is 2.64. The van der Waals surface area contributed by atoms with Gasteiger partial charge in [-0.25, -0.2) is 4.39 Å². The van der Waals surface area contributed by atoms with Gasteiger partial charge in [0.1, 0.15) is 5.82 Å². The minimum atomic E-state index is -0.309. The Morgan fingerprint density at radius 3 is 2.78 bits per heavy atom. The monoisotopic (exact) mass is 312 g/mol. The molecule has 0 aliphatic rings. The predicted molar refractivity (Wildman–Crippen MR) is 72.6 cm³/mol. The summed E-state index contributed by atoms with van der Waals surface area (Å²) in [5.74, 6) is 1.15. The zero-order chi connectivity index (χ0) is 13.3. The van der Waals surface area contributed by atoms with E-state index >= 15 is 0 Å². The maximum Gasteiger partial charge on any atom is 0.172 e. The summed E-state index contributed by atoms with van der Waals surface area (Å²) >= 11 is 3.16. The molecule has 0 aliphatic heterocycles. The number of rotatable bonds is 3. The van der Waals surface area contributed by atoms with Crippen molar-refractivity contribution in [2.45, 2.75) is 20.3 Å². The summed E-state index contributed by atoms with van der Waals surface area (Å²) in [5, 5.41) is 3.79. The van der Waals surface area contributed by atoms with Gasteiger partial charge >= 0.3 is 0 Å². The standard InChI is InChI=1S/C13H14BrFN2O/c1-7(2)5-9-12(18-17-13(9)16)8-3-4-11(15)10(14)6-8/h3-4,6-7H,5H2,1-2H3,(H2,16,17). The van der Waals surface area contributed by atoms with Crippen LogP contribution in [-0.2, 0) is 6.42 Å². The number of halogens is 2. The molecule has 2 aromatic rings. The lowest BCUT2D eigenvalue weighted by Gasteiger charge is -2.05.